The van der Waals surface area contributed by atoms with Gasteiger partial charge in [-0.3, -0.25) is 0 Å². The van der Waals surface area contributed by atoms with Gasteiger partial charge in [0.2, 0.25) is 0 Å². The lowest BCUT2D eigenvalue weighted by atomic mass is 10.2. The topological polar surface area (TPSA) is 64.8 Å². The molecule has 90 valence electrons. The molecule has 0 spiro atoms. The van der Waals surface area contributed by atoms with Crippen molar-refractivity contribution in [3.8, 4) is 0 Å². The Hall–Kier alpha value is -0.620. The highest BCUT2D eigenvalue weighted by atomic mass is 35.5. The number of hydrogen-bond acceptors (Lipinski definition) is 2. The van der Waals surface area contributed by atoms with Crippen LogP contribution in [-0.4, -0.2) is 27.8 Å². The van der Waals surface area contributed by atoms with Crippen LogP contribution in [0, 0.1) is 0 Å². The second-order valence-corrected chi connectivity index (χ2v) is 5.66. The molecule has 16 heavy (non-hydrogen) atoms. The zero-order valence-corrected chi connectivity index (χ0v) is 10.6. The highest BCUT2D eigenvalue weighted by molar-refractivity contribution is 7.93. The summed E-state index contributed by atoms with van der Waals surface area (Å²) in [5.74, 6) is 0. The summed E-state index contributed by atoms with van der Waals surface area (Å²) < 4.78 is 24.9. The van der Waals surface area contributed by atoms with E-state index in [1.165, 1.54) is 0 Å². The minimum atomic E-state index is -3.19. The van der Waals surface area contributed by atoms with Gasteiger partial charge in [-0.1, -0.05) is 30.3 Å². The van der Waals surface area contributed by atoms with Crippen LogP contribution in [0.3, 0.4) is 0 Å². The number of rotatable bonds is 6. The van der Waals surface area contributed by atoms with E-state index >= 15 is 0 Å². The summed E-state index contributed by atoms with van der Waals surface area (Å²) in [6, 6.07) is 7.60. The summed E-state index contributed by atoms with van der Waals surface area (Å²) in [5, 5.41) is 2.71. The second-order valence-electron chi connectivity index (χ2n) is 3.50. The Morgan fingerprint density at radius 3 is 2.81 bits per heavy atom. The lowest BCUT2D eigenvalue weighted by Gasteiger charge is -2.14. The Bertz CT molecular complexity index is 434. The maximum absolute atomic E-state index is 10.7. The molecule has 1 rings (SSSR count). The molecule has 0 atom stereocenters. The predicted octanol–water partition coefficient (Wildman–Crippen LogP) is 0.737. The van der Waals surface area contributed by atoms with Gasteiger partial charge in [0.05, 0.1) is 16.6 Å². The third-order valence-electron chi connectivity index (χ3n) is 1.93. The van der Waals surface area contributed by atoms with Gasteiger partial charge in [0.1, 0.15) is 6.54 Å². The predicted molar refractivity (Wildman–Crippen MR) is 65.0 cm³/mol. The molecule has 2 N–H and O–H groups in total. The highest BCUT2D eigenvalue weighted by Gasteiger charge is 1.95. The van der Waals surface area contributed by atoms with Gasteiger partial charge in [0.15, 0.2) is 0 Å². The van der Waals surface area contributed by atoms with Crippen molar-refractivity contribution in [2.24, 2.45) is 0 Å². The molecule has 0 aliphatic rings. The van der Waals surface area contributed by atoms with E-state index in [1.807, 2.05) is 29.6 Å². The van der Waals surface area contributed by atoms with E-state index in [4.69, 9.17) is 11.6 Å². The molecule has 6 heteroatoms. The molecular weight excluding hydrogens is 248 g/mol. The van der Waals surface area contributed by atoms with Crippen molar-refractivity contribution >= 4 is 21.6 Å². The molecule has 1 aromatic carbocycles. The Morgan fingerprint density at radius 2 is 2.19 bits per heavy atom. The van der Waals surface area contributed by atoms with E-state index < -0.39 is 10.0 Å². The van der Waals surface area contributed by atoms with E-state index in [0.29, 0.717) is 18.1 Å². The Labute approximate surface area is 101 Å². The average Bonchev–Trinajstić information content (AvgIpc) is 2.15. The van der Waals surface area contributed by atoms with Crippen LogP contribution in [0.15, 0.2) is 24.3 Å². The Balaban J connectivity index is 2.21. The van der Waals surface area contributed by atoms with Crippen molar-refractivity contribution in [3.05, 3.63) is 39.6 Å². The number of sulfonamides is 1. The maximum atomic E-state index is 10.7. The highest BCUT2D eigenvalue weighted by Crippen LogP contribution is 2.09. The first-order chi connectivity index (χ1) is 7.47. The van der Waals surface area contributed by atoms with Crippen molar-refractivity contribution in [2.45, 2.75) is 6.54 Å². The third-order valence-corrected chi connectivity index (χ3v) is 2.81. The fraction of sp³-hybridized carbons (Fsp3) is 0.400. The number of nitrogens with zero attached hydrogens (tertiary/aromatic N) is 1. The first-order valence-electron chi connectivity index (χ1n) is 4.92. The maximum Gasteiger partial charge on any atom is 0.101 e. The van der Waals surface area contributed by atoms with Crippen LogP contribution in [0.2, 0.25) is 5.02 Å². The van der Waals surface area contributed by atoms with Crippen molar-refractivity contribution in [3.63, 3.8) is 0 Å². The van der Waals surface area contributed by atoms with Crippen molar-refractivity contribution in [2.75, 3.05) is 19.3 Å². The smallest absolute Gasteiger partial charge is 0.101 e. The lowest BCUT2D eigenvalue weighted by Crippen LogP contribution is -2.83. The van der Waals surface area contributed by atoms with Crippen LogP contribution < -0.4 is 5.32 Å². The van der Waals surface area contributed by atoms with Crippen LogP contribution in [0.1, 0.15) is 5.56 Å². The standard InChI is InChI=1S/C10H14ClN2O2S/c1-16(14,15)13-6-5-12-8-9-3-2-4-10(11)7-9/h2-4,7,12H,5-6,8H2,1H3/q-1/p+1. The number of benzene rings is 1. The summed E-state index contributed by atoms with van der Waals surface area (Å²) in [5.41, 5.74) is 1.12. The molecule has 1 aromatic rings. The first-order valence-corrected chi connectivity index (χ1v) is 7.15. The van der Waals surface area contributed by atoms with E-state index in [2.05, 4.69) is 4.72 Å². The van der Waals surface area contributed by atoms with Gasteiger partial charge in [-0.25, -0.2) is 8.42 Å². The fourth-order valence-corrected chi connectivity index (χ4v) is 1.89. The molecule has 4 nitrogen and oxygen atoms in total. The van der Waals surface area contributed by atoms with Gasteiger partial charge in [-0.05, 0) is 12.1 Å². The zero-order valence-electron chi connectivity index (χ0n) is 9.06. The summed E-state index contributed by atoms with van der Waals surface area (Å²) >= 11 is 5.83. The molecule has 0 bridgehead atoms. The lowest BCUT2D eigenvalue weighted by molar-refractivity contribution is -0.667. The van der Waals surface area contributed by atoms with Crippen molar-refractivity contribution in [1.82, 2.24) is 0 Å². The van der Waals surface area contributed by atoms with E-state index in [-0.39, 0.29) is 0 Å². The van der Waals surface area contributed by atoms with E-state index in [0.717, 1.165) is 18.4 Å². The summed E-state index contributed by atoms with van der Waals surface area (Å²) in [6.07, 6.45) is 1.10. The number of quaternary nitrogens is 1. The zero-order chi connectivity index (χ0) is 12.0. The molecule has 0 radical (unpaired) electrons. The third kappa shape index (κ3) is 6.07. The monoisotopic (exact) mass is 262 g/mol. The molecule has 0 saturated carbocycles. The van der Waals surface area contributed by atoms with Gasteiger partial charge in [0.25, 0.3) is 0 Å². The van der Waals surface area contributed by atoms with Gasteiger partial charge < -0.3 is 10.0 Å². The molecule has 0 saturated heterocycles. The van der Waals surface area contributed by atoms with Crippen LogP contribution >= 0.6 is 11.6 Å². The molecule has 0 fully saturated rings. The summed E-state index contributed by atoms with van der Waals surface area (Å²) in [4.78, 5) is 0. The molecule has 0 aliphatic carbocycles. The number of halogens is 1. The molecule has 0 heterocycles. The average molecular weight is 263 g/mol. The van der Waals surface area contributed by atoms with Crippen molar-refractivity contribution in [1.29, 1.82) is 0 Å². The van der Waals surface area contributed by atoms with Gasteiger partial charge in [0, 0.05) is 16.8 Å². The molecule has 0 aliphatic heterocycles. The first kappa shape index (κ1) is 13.4. The van der Waals surface area contributed by atoms with Gasteiger partial charge >= 0.3 is 0 Å². The fourth-order valence-electron chi connectivity index (χ4n) is 1.24. The van der Waals surface area contributed by atoms with Crippen LogP contribution in [0.5, 0.6) is 0 Å². The minimum absolute atomic E-state index is 0.319. The van der Waals surface area contributed by atoms with E-state index in [1.54, 1.807) is 0 Å². The number of nitrogens with two attached hydrogens (primary N) is 1. The van der Waals surface area contributed by atoms with Crippen LogP contribution in [-0.2, 0) is 16.6 Å². The van der Waals surface area contributed by atoms with Crippen molar-refractivity contribution < 1.29 is 13.7 Å². The molecule has 0 amide bonds. The second kappa shape index (κ2) is 6.20. The largest absolute Gasteiger partial charge is 0.545 e. The summed E-state index contributed by atoms with van der Waals surface area (Å²) in [7, 11) is -3.19. The SMILES string of the molecule is CS(=O)(=O)[N-]CC[NH2+]Cc1cccc(Cl)c1. The quantitative estimate of drug-likeness (QED) is 0.769. The number of hydrogen-bond donors (Lipinski definition) is 1. The van der Waals surface area contributed by atoms with Crippen LogP contribution in [0.25, 0.3) is 4.72 Å². The normalized spacial score (nSPS) is 11.6. The van der Waals surface area contributed by atoms with Gasteiger partial charge in [-0.2, -0.15) is 0 Å². The Kier molecular flexibility index (Phi) is 5.21. The summed E-state index contributed by atoms with van der Waals surface area (Å²) in [6.45, 7) is 1.75. The molecule has 0 aromatic heterocycles. The Morgan fingerprint density at radius 1 is 1.44 bits per heavy atom. The molecule has 0 unspecified atom stereocenters. The van der Waals surface area contributed by atoms with E-state index in [9.17, 15) is 8.42 Å². The minimum Gasteiger partial charge on any atom is -0.545 e. The molecular formula is C10H15ClN2O2S. The van der Waals surface area contributed by atoms with Crippen LogP contribution in [0.4, 0.5) is 0 Å². The van der Waals surface area contributed by atoms with Gasteiger partial charge in [-0.15, -0.1) is 0 Å².